The molecular weight excluding hydrogens is 278 g/mol. The van der Waals surface area contributed by atoms with Gasteiger partial charge in [0.15, 0.2) is 0 Å². The summed E-state index contributed by atoms with van der Waals surface area (Å²) in [6, 6.07) is 4.77. The Bertz CT molecular complexity index is 550. The van der Waals surface area contributed by atoms with Crippen LogP contribution in [0.2, 0.25) is 5.02 Å². The summed E-state index contributed by atoms with van der Waals surface area (Å²) in [6.07, 6.45) is 3.20. The molecule has 5 heteroatoms. The lowest BCUT2D eigenvalue weighted by atomic mass is 10.0. The first-order valence-electron chi connectivity index (χ1n) is 6.28. The van der Waals surface area contributed by atoms with Crippen molar-refractivity contribution >= 4 is 29.6 Å². The fraction of sp³-hybridized carbons (Fsp3) is 0.333. The maximum atomic E-state index is 12.1. The van der Waals surface area contributed by atoms with Crippen LogP contribution in [0.1, 0.15) is 43.1 Å². The van der Waals surface area contributed by atoms with Crippen LogP contribution in [0.25, 0.3) is 6.08 Å². The van der Waals surface area contributed by atoms with E-state index >= 15 is 0 Å². The molecule has 2 N–H and O–H groups in total. The highest BCUT2D eigenvalue weighted by Crippen LogP contribution is 2.20. The molecule has 0 bridgehead atoms. The van der Waals surface area contributed by atoms with Gasteiger partial charge in [0.05, 0.1) is 0 Å². The van der Waals surface area contributed by atoms with E-state index in [0.29, 0.717) is 16.1 Å². The van der Waals surface area contributed by atoms with Gasteiger partial charge in [-0.15, -0.1) is 0 Å². The second kappa shape index (κ2) is 6.57. The van der Waals surface area contributed by atoms with Crippen molar-refractivity contribution in [1.29, 1.82) is 0 Å². The van der Waals surface area contributed by atoms with E-state index in [1.807, 2.05) is 20.8 Å². The molecule has 0 aliphatic carbocycles. The molecular formula is C15H18ClNO3. The second-order valence-corrected chi connectivity index (χ2v) is 5.51. The first-order valence-corrected chi connectivity index (χ1v) is 6.66. The number of amides is 1. The number of halogens is 1. The number of hydrogen-bond acceptors (Lipinski definition) is 2. The lowest BCUT2D eigenvalue weighted by Crippen LogP contribution is -2.42. The van der Waals surface area contributed by atoms with E-state index in [1.165, 1.54) is 12.1 Å². The number of aliphatic carboxylic acids is 1. The van der Waals surface area contributed by atoms with E-state index in [-0.39, 0.29) is 11.4 Å². The highest BCUT2D eigenvalue weighted by molar-refractivity contribution is 6.32. The lowest BCUT2D eigenvalue weighted by molar-refractivity contribution is -0.131. The van der Waals surface area contributed by atoms with Crippen LogP contribution in [0.15, 0.2) is 24.3 Å². The minimum atomic E-state index is -1.05. The molecule has 0 atom stereocenters. The number of carboxylic acids is 1. The molecule has 0 saturated carbocycles. The Balaban J connectivity index is 2.92. The molecule has 20 heavy (non-hydrogen) atoms. The maximum Gasteiger partial charge on any atom is 0.328 e. The van der Waals surface area contributed by atoms with Gasteiger partial charge in [0, 0.05) is 22.2 Å². The first kappa shape index (κ1) is 16.2. The number of carbonyl (C=O) groups is 2. The van der Waals surface area contributed by atoms with Crippen molar-refractivity contribution in [3.8, 4) is 0 Å². The number of carboxylic acid groups (broad SMARTS) is 1. The Kier molecular flexibility index (Phi) is 5.34. The quantitative estimate of drug-likeness (QED) is 0.819. The van der Waals surface area contributed by atoms with Gasteiger partial charge in [0.2, 0.25) is 0 Å². The predicted molar refractivity (Wildman–Crippen MR) is 80.0 cm³/mol. The van der Waals surface area contributed by atoms with Crippen LogP contribution in [0.5, 0.6) is 0 Å². The van der Waals surface area contributed by atoms with Crippen molar-refractivity contribution in [2.24, 2.45) is 0 Å². The molecule has 0 saturated heterocycles. The largest absolute Gasteiger partial charge is 0.478 e. The van der Waals surface area contributed by atoms with Crippen molar-refractivity contribution in [3.63, 3.8) is 0 Å². The van der Waals surface area contributed by atoms with Gasteiger partial charge in [-0.1, -0.05) is 24.6 Å². The normalized spacial score (nSPS) is 11.6. The molecule has 0 fully saturated rings. The summed E-state index contributed by atoms with van der Waals surface area (Å²) in [4.78, 5) is 22.5. The van der Waals surface area contributed by atoms with E-state index in [2.05, 4.69) is 5.32 Å². The van der Waals surface area contributed by atoms with Crippen LogP contribution in [0.3, 0.4) is 0 Å². The fourth-order valence-corrected chi connectivity index (χ4v) is 1.68. The lowest BCUT2D eigenvalue weighted by Gasteiger charge is -2.24. The van der Waals surface area contributed by atoms with E-state index in [0.717, 1.165) is 12.5 Å². The zero-order valence-corrected chi connectivity index (χ0v) is 12.5. The van der Waals surface area contributed by atoms with Gasteiger partial charge in [-0.3, -0.25) is 4.79 Å². The van der Waals surface area contributed by atoms with Crippen molar-refractivity contribution in [2.45, 2.75) is 32.7 Å². The molecule has 4 nitrogen and oxygen atoms in total. The summed E-state index contributed by atoms with van der Waals surface area (Å²) in [7, 11) is 0. The average molecular weight is 296 g/mol. The topological polar surface area (TPSA) is 66.4 Å². The van der Waals surface area contributed by atoms with E-state index in [1.54, 1.807) is 12.1 Å². The number of benzene rings is 1. The number of hydrogen-bond donors (Lipinski definition) is 2. The van der Waals surface area contributed by atoms with Crippen LogP contribution in [-0.4, -0.2) is 22.5 Å². The Labute approximate surface area is 123 Å². The number of nitrogens with one attached hydrogen (secondary N) is 1. The minimum Gasteiger partial charge on any atom is -0.478 e. The molecule has 1 aromatic carbocycles. The summed E-state index contributed by atoms with van der Waals surface area (Å²) < 4.78 is 0. The van der Waals surface area contributed by atoms with E-state index in [9.17, 15) is 9.59 Å². The third-order valence-electron chi connectivity index (χ3n) is 3.00. The number of carbonyl (C=O) groups excluding carboxylic acids is 1. The molecule has 0 heterocycles. The maximum absolute atomic E-state index is 12.1. The molecule has 0 aliphatic rings. The average Bonchev–Trinajstić information content (AvgIpc) is 2.36. The van der Waals surface area contributed by atoms with E-state index in [4.69, 9.17) is 16.7 Å². The molecule has 0 aromatic heterocycles. The Hall–Kier alpha value is -1.81. The standard InChI is InChI=1S/C15H18ClNO3/c1-4-15(2,3)17-14(20)11-6-5-10(12(16)9-11)7-8-13(18)19/h5-9H,4H2,1-3H3,(H,17,20)(H,18,19)/b8-7+. The highest BCUT2D eigenvalue weighted by atomic mass is 35.5. The summed E-state index contributed by atoms with van der Waals surface area (Å²) >= 11 is 6.04. The summed E-state index contributed by atoms with van der Waals surface area (Å²) in [5, 5.41) is 11.8. The molecule has 108 valence electrons. The molecule has 1 aromatic rings. The Morgan fingerprint density at radius 2 is 2.05 bits per heavy atom. The fourth-order valence-electron chi connectivity index (χ4n) is 1.43. The van der Waals surface area contributed by atoms with Crippen molar-refractivity contribution < 1.29 is 14.7 Å². The molecule has 1 rings (SSSR count). The summed E-state index contributed by atoms with van der Waals surface area (Å²) in [5.74, 6) is -1.25. The predicted octanol–water partition coefficient (Wildman–Crippen LogP) is 3.36. The Morgan fingerprint density at radius 3 is 2.55 bits per heavy atom. The monoisotopic (exact) mass is 295 g/mol. The van der Waals surface area contributed by atoms with Crippen molar-refractivity contribution in [3.05, 3.63) is 40.4 Å². The zero-order valence-electron chi connectivity index (χ0n) is 11.7. The van der Waals surface area contributed by atoms with Crippen LogP contribution < -0.4 is 5.32 Å². The summed E-state index contributed by atoms with van der Waals surface area (Å²) in [6.45, 7) is 5.88. The van der Waals surface area contributed by atoms with Crippen molar-refractivity contribution in [1.82, 2.24) is 5.32 Å². The molecule has 0 unspecified atom stereocenters. The van der Waals surface area contributed by atoms with Crippen LogP contribution >= 0.6 is 11.6 Å². The van der Waals surface area contributed by atoms with Crippen LogP contribution in [0, 0.1) is 0 Å². The Morgan fingerprint density at radius 1 is 1.40 bits per heavy atom. The molecule has 0 spiro atoms. The molecule has 1 amide bonds. The van der Waals surface area contributed by atoms with Gasteiger partial charge in [-0.05, 0) is 44.0 Å². The SMILES string of the molecule is CCC(C)(C)NC(=O)c1ccc(/C=C/C(=O)O)c(Cl)c1. The van der Waals surface area contributed by atoms with Gasteiger partial charge in [-0.2, -0.15) is 0 Å². The molecule has 0 radical (unpaired) electrons. The second-order valence-electron chi connectivity index (χ2n) is 5.10. The van der Waals surface area contributed by atoms with Crippen molar-refractivity contribution in [2.75, 3.05) is 0 Å². The zero-order chi connectivity index (χ0) is 15.3. The van der Waals surface area contributed by atoms with Gasteiger partial charge >= 0.3 is 5.97 Å². The van der Waals surface area contributed by atoms with Gasteiger partial charge in [0.1, 0.15) is 0 Å². The third-order valence-corrected chi connectivity index (χ3v) is 3.33. The minimum absolute atomic E-state index is 0.201. The third kappa shape index (κ3) is 4.70. The smallest absolute Gasteiger partial charge is 0.328 e. The van der Waals surface area contributed by atoms with Gasteiger partial charge in [0.25, 0.3) is 5.91 Å². The first-order chi connectivity index (χ1) is 9.25. The van der Waals surface area contributed by atoms with Crippen LogP contribution in [-0.2, 0) is 4.79 Å². The van der Waals surface area contributed by atoms with E-state index < -0.39 is 5.97 Å². The molecule has 0 aliphatic heterocycles. The summed E-state index contributed by atoms with van der Waals surface area (Å²) in [5.41, 5.74) is 0.718. The highest BCUT2D eigenvalue weighted by Gasteiger charge is 2.19. The van der Waals surface area contributed by atoms with Gasteiger partial charge < -0.3 is 10.4 Å². The van der Waals surface area contributed by atoms with Gasteiger partial charge in [-0.25, -0.2) is 4.79 Å². The van der Waals surface area contributed by atoms with Crippen LogP contribution in [0.4, 0.5) is 0 Å². The number of rotatable bonds is 5.